The molecule has 1 heterocycles. The van der Waals surface area contributed by atoms with Crippen LogP contribution < -0.4 is 10.6 Å². The van der Waals surface area contributed by atoms with Crippen LogP contribution in [0.4, 0.5) is 14.2 Å². The minimum Gasteiger partial charge on any atom is -0.477 e. The van der Waals surface area contributed by atoms with E-state index >= 15 is 0 Å². The largest absolute Gasteiger partial charge is 0.477 e. The molecule has 0 fully saturated rings. The van der Waals surface area contributed by atoms with Crippen molar-refractivity contribution in [1.82, 2.24) is 9.69 Å². The molecule has 1 aromatic carbocycles. The number of nitrogens with zero attached hydrogens (tertiary/aromatic N) is 1. The molecule has 0 aliphatic heterocycles. The number of hydrogen-bond donors (Lipinski definition) is 3. The smallest absolute Gasteiger partial charge is 0.341 e. The Morgan fingerprint density at radius 3 is 2.77 bits per heavy atom. The van der Waals surface area contributed by atoms with Crippen molar-refractivity contribution in [2.45, 2.75) is 24.6 Å². The van der Waals surface area contributed by atoms with Crippen molar-refractivity contribution in [3.05, 3.63) is 39.6 Å². The van der Waals surface area contributed by atoms with E-state index in [1.54, 1.807) is 12.1 Å². The molecule has 0 saturated heterocycles. The molecule has 1 aromatic heterocycles. The minimum atomic E-state index is -1.20. The maximum absolute atomic E-state index is 13.9. The molecule has 0 bridgehead atoms. The first kappa shape index (κ1) is 20.7. The molecule has 0 radical (unpaired) electrons. The molecule has 0 atom stereocenters. The summed E-state index contributed by atoms with van der Waals surface area (Å²) < 4.78 is 18.6. The number of carbonyl (C=O) groups excluding carboxylic acids is 1. The van der Waals surface area contributed by atoms with Gasteiger partial charge < -0.3 is 10.4 Å². The van der Waals surface area contributed by atoms with E-state index in [0.717, 1.165) is 23.3 Å². The van der Waals surface area contributed by atoms with Crippen LogP contribution in [0.25, 0.3) is 0 Å². The number of rotatable bonds is 7. The topological polar surface area (TPSA) is 91.3 Å². The molecule has 0 unspecified atom stereocenters. The number of anilines is 1. The molecule has 2 amide bonds. The average molecular weight is 462 g/mol. The Labute approximate surface area is 166 Å². The maximum Gasteiger partial charge on any atom is 0.341 e. The van der Waals surface area contributed by atoms with E-state index in [-0.39, 0.29) is 33.1 Å². The molecule has 140 valence electrons. The van der Waals surface area contributed by atoms with Crippen molar-refractivity contribution < 1.29 is 19.1 Å². The monoisotopic (exact) mass is 461 g/mol. The van der Waals surface area contributed by atoms with Gasteiger partial charge >= 0.3 is 12.0 Å². The molecule has 26 heavy (non-hydrogen) atoms. The van der Waals surface area contributed by atoms with Crippen LogP contribution in [0.3, 0.4) is 0 Å². The van der Waals surface area contributed by atoms with Crippen LogP contribution >= 0.6 is 39.2 Å². The van der Waals surface area contributed by atoms with Crippen LogP contribution in [-0.4, -0.2) is 28.0 Å². The summed E-state index contributed by atoms with van der Waals surface area (Å²) in [7, 11) is 0. The van der Waals surface area contributed by atoms with Crippen LogP contribution in [0.15, 0.2) is 27.7 Å². The molecule has 2 aromatic rings. The van der Waals surface area contributed by atoms with Gasteiger partial charge in [0.25, 0.3) is 0 Å². The Kier molecular flexibility index (Phi) is 7.42. The Balaban J connectivity index is 2.10. The number of aromatic nitrogens is 1. The number of amides is 2. The number of urea groups is 1. The third-order valence-electron chi connectivity index (χ3n) is 3.15. The van der Waals surface area contributed by atoms with E-state index in [2.05, 4.69) is 30.9 Å². The summed E-state index contributed by atoms with van der Waals surface area (Å²) >= 11 is 5.18. The van der Waals surface area contributed by atoms with Crippen LogP contribution in [0.5, 0.6) is 0 Å². The van der Waals surface area contributed by atoms with Gasteiger partial charge in [-0.1, -0.05) is 47.6 Å². The van der Waals surface area contributed by atoms with Gasteiger partial charge in [0, 0.05) is 16.8 Å². The van der Waals surface area contributed by atoms with E-state index in [4.69, 9.17) is 0 Å². The van der Waals surface area contributed by atoms with Gasteiger partial charge in [0.1, 0.15) is 21.4 Å². The van der Waals surface area contributed by atoms with E-state index < -0.39 is 12.0 Å². The predicted octanol–water partition coefficient (Wildman–Crippen LogP) is 4.81. The molecule has 0 aliphatic carbocycles. The normalized spacial score (nSPS) is 10.8. The van der Waals surface area contributed by atoms with Gasteiger partial charge in [-0.2, -0.15) is 4.37 Å². The summed E-state index contributed by atoms with van der Waals surface area (Å²) in [6.07, 6.45) is 0. The molecular weight excluding hydrogens is 445 g/mol. The standard InChI is InChI=1S/C16H17BrFN3O3S2/c1-8(2)6-19-16(24)20-13-12(15(22)23)14(21-26-13)25-7-9-3-4-10(17)5-11(9)18/h3-5,8H,6-7H2,1-2H3,(H,22,23)(H2,19,20,24). The number of aromatic carboxylic acids is 1. The zero-order valence-corrected chi connectivity index (χ0v) is 17.2. The molecule has 0 spiro atoms. The predicted molar refractivity (Wildman–Crippen MR) is 105 cm³/mol. The fourth-order valence-corrected chi connectivity index (χ4v) is 4.14. The molecular formula is C16H17BrFN3O3S2. The number of carboxylic acids is 1. The lowest BCUT2D eigenvalue weighted by atomic mass is 10.2. The van der Waals surface area contributed by atoms with Crippen molar-refractivity contribution in [2.75, 3.05) is 11.9 Å². The van der Waals surface area contributed by atoms with Gasteiger partial charge in [0.2, 0.25) is 0 Å². The molecule has 6 nitrogen and oxygen atoms in total. The highest BCUT2D eigenvalue weighted by Crippen LogP contribution is 2.34. The highest BCUT2D eigenvalue weighted by Gasteiger charge is 2.22. The van der Waals surface area contributed by atoms with Crippen LogP contribution in [0.2, 0.25) is 0 Å². The van der Waals surface area contributed by atoms with E-state index in [0.29, 0.717) is 16.6 Å². The number of benzene rings is 1. The summed E-state index contributed by atoms with van der Waals surface area (Å²) in [6.45, 7) is 4.37. The number of carbonyl (C=O) groups is 2. The zero-order valence-electron chi connectivity index (χ0n) is 14.0. The number of nitrogens with one attached hydrogen (secondary N) is 2. The quantitative estimate of drug-likeness (QED) is 0.514. The van der Waals surface area contributed by atoms with E-state index in [9.17, 15) is 19.1 Å². The molecule has 0 saturated carbocycles. The Bertz CT molecular complexity index is 814. The Morgan fingerprint density at radius 1 is 1.42 bits per heavy atom. The SMILES string of the molecule is CC(C)CNC(=O)Nc1snc(SCc2ccc(Br)cc2F)c1C(=O)O. The minimum absolute atomic E-state index is 0.0859. The Morgan fingerprint density at radius 2 is 2.15 bits per heavy atom. The fraction of sp³-hybridized carbons (Fsp3) is 0.312. The summed E-state index contributed by atoms with van der Waals surface area (Å²) in [5.74, 6) is -1.09. The molecule has 0 aliphatic rings. The molecule has 2 rings (SSSR count). The van der Waals surface area contributed by atoms with Crippen molar-refractivity contribution >= 4 is 56.2 Å². The Hall–Kier alpha value is -1.65. The number of hydrogen-bond acceptors (Lipinski definition) is 5. The van der Waals surface area contributed by atoms with Gasteiger partial charge in [0.15, 0.2) is 0 Å². The summed E-state index contributed by atoms with van der Waals surface area (Å²) in [5.41, 5.74) is 0.351. The van der Waals surface area contributed by atoms with Crippen molar-refractivity contribution in [2.24, 2.45) is 5.92 Å². The van der Waals surface area contributed by atoms with Crippen LogP contribution in [-0.2, 0) is 5.75 Å². The second-order valence-electron chi connectivity index (χ2n) is 5.75. The van der Waals surface area contributed by atoms with Crippen molar-refractivity contribution in [3.8, 4) is 0 Å². The summed E-state index contributed by atoms with van der Waals surface area (Å²) in [5, 5.41) is 15.0. The second kappa shape index (κ2) is 9.33. The molecule has 10 heteroatoms. The second-order valence-corrected chi connectivity index (χ2v) is 8.40. The molecule has 3 N–H and O–H groups in total. The van der Waals surface area contributed by atoms with Crippen molar-refractivity contribution in [3.63, 3.8) is 0 Å². The number of halogens is 2. The van der Waals surface area contributed by atoms with Gasteiger partial charge in [-0.25, -0.2) is 14.0 Å². The third kappa shape index (κ3) is 5.68. The van der Waals surface area contributed by atoms with Crippen molar-refractivity contribution in [1.29, 1.82) is 0 Å². The average Bonchev–Trinajstić information content (AvgIpc) is 2.95. The lowest BCUT2D eigenvalue weighted by Gasteiger charge is -2.08. The van der Waals surface area contributed by atoms with Gasteiger partial charge in [-0.3, -0.25) is 5.32 Å². The third-order valence-corrected chi connectivity index (χ3v) is 5.55. The van der Waals surface area contributed by atoms with Gasteiger partial charge in [-0.15, -0.1) is 0 Å². The highest BCUT2D eigenvalue weighted by atomic mass is 79.9. The summed E-state index contributed by atoms with van der Waals surface area (Å²) in [6, 6.07) is 4.20. The highest BCUT2D eigenvalue weighted by molar-refractivity contribution is 9.10. The maximum atomic E-state index is 13.9. The van der Waals surface area contributed by atoms with Gasteiger partial charge in [0.05, 0.1) is 0 Å². The van der Waals surface area contributed by atoms with E-state index in [1.807, 2.05) is 13.8 Å². The first-order valence-electron chi connectivity index (χ1n) is 7.62. The number of thioether (sulfide) groups is 1. The van der Waals surface area contributed by atoms with Crippen LogP contribution in [0.1, 0.15) is 29.8 Å². The lowest BCUT2D eigenvalue weighted by Crippen LogP contribution is -2.31. The first-order valence-corrected chi connectivity index (χ1v) is 10.2. The zero-order chi connectivity index (χ0) is 19.3. The van der Waals surface area contributed by atoms with Gasteiger partial charge in [-0.05, 0) is 35.1 Å². The number of carboxylic acid groups (broad SMARTS) is 1. The first-order chi connectivity index (χ1) is 12.3. The lowest BCUT2D eigenvalue weighted by molar-refractivity contribution is 0.0694. The van der Waals surface area contributed by atoms with Crippen LogP contribution in [0, 0.1) is 11.7 Å². The van der Waals surface area contributed by atoms with E-state index in [1.165, 1.54) is 6.07 Å². The summed E-state index contributed by atoms with van der Waals surface area (Å²) in [4.78, 5) is 23.4. The fourth-order valence-electron chi connectivity index (χ4n) is 1.88.